The van der Waals surface area contributed by atoms with Crippen molar-refractivity contribution in [3.05, 3.63) is 35.9 Å². The largest absolute Gasteiger partial charge is 0.347 e. The fourth-order valence-corrected chi connectivity index (χ4v) is 5.36. The molecule has 8 heteroatoms. The van der Waals surface area contributed by atoms with E-state index in [4.69, 9.17) is 28.9 Å². The van der Waals surface area contributed by atoms with Gasteiger partial charge in [-0.3, -0.25) is 0 Å². The Bertz CT molecular complexity index is 1230. The maximum atomic E-state index is 5.77. The predicted octanol–water partition coefficient (Wildman–Crippen LogP) is 2.39. The number of ether oxygens (including phenoxy) is 4. The molecule has 8 nitrogen and oxygen atoms in total. The molecule has 4 aliphatic heterocycles. The molecule has 4 aliphatic rings. The van der Waals surface area contributed by atoms with Gasteiger partial charge in [-0.15, -0.1) is 0 Å². The van der Waals surface area contributed by atoms with E-state index < -0.39 is 0 Å². The molecule has 2 aromatic heterocycles. The number of nitrogens with zero attached hydrogens (tertiary/aromatic N) is 4. The molecule has 8 rings (SSSR count). The summed E-state index contributed by atoms with van der Waals surface area (Å²) < 4.78 is 27.4. The highest BCUT2D eigenvalue weighted by molar-refractivity contribution is 6.16. The van der Waals surface area contributed by atoms with Crippen molar-refractivity contribution in [2.24, 2.45) is 0 Å². The Hall–Kier alpha value is -2.52. The van der Waals surface area contributed by atoms with Gasteiger partial charge in [0.15, 0.2) is 0 Å². The Kier molecular flexibility index (Phi) is 2.44. The topological polar surface area (TPSA) is 72.6 Å². The summed E-state index contributed by atoms with van der Waals surface area (Å²) in [6.07, 6.45) is 0.00870. The van der Waals surface area contributed by atoms with Crippen molar-refractivity contribution >= 4 is 32.8 Å². The lowest BCUT2D eigenvalue weighted by atomic mass is 10.1. The van der Waals surface area contributed by atoms with Crippen LogP contribution < -0.4 is 0 Å². The summed E-state index contributed by atoms with van der Waals surface area (Å²) in [5.41, 5.74) is 4.21. The highest BCUT2D eigenvalue weighted by atomic mass is 16.7. The molecular formula is C20H16N4O4. The van der Waals surface area contributed by atoms with E-state index in [0.29, 0.717) is 13.6 Å². The number of aromatic nitrogens is 4. The summed E-state index contributed by atoms with van der Waals surface area (Å²) in [6.45, 7) is 2.27. The number of imidazole rings is 2. The molecule has 0 N–H and O–H groups in total. The third kappa shape index (κ3) is 1.55. The van der Waals surface area contributed by atoms with Crippen molar-refractivity contribution < 1.29 is 18.9 Å². The molecule has 0 amide bonds. The molecule has 4 atom stereocenters. The Labute approximate surface area is 158 Å². The fourth-order valence-electron chi connectivity index (χ4n) is 5.36. The average Bonchev–Trinajstić information content (AvgIpc) is 3.48. The highest BCUT2D eigenvalue weighted by Gasteiger charge is 2.43. The van der Waals surface area contributed by atoms with Gasteiger partial charge in [0.25, 0.3) is 0 Å². The summed E-state index contributed by atoms with van der Waals surface area (Å²) in [5, 5.41) is 2.25. The second-order valence-electron chi connectivity index (χ2n) is 7.95. The lowest BCUT2D eigenvalue weighted by Gasteiger charge is -2.07. The first-order chi connectivity index (χ1) is 13.9. The molecule has 0 bridgehead atoms. The van der Waals surface area contributed by atoms with Crippen LogP contribution in [0.15, 0.2) is 24.3 Å². The maximum Gasteiger partial charge on any atom is 0.148 e. The third-order valence-corrected chi connectivity index (χ3v) is 6.65. The average molecular weight is 376 g/mol. The summed E-state index contributed by atoms with van der Waals surface area (Å²) in [4.78, 5) is 10.0. The van der Waals surface area contributed by atoms with E-state index in [1.165, 1.54) is 0 Å². The van der Waals surface area contributed by atoms with Gasteiger partial charge in [0.1, 0.15) is 49.7 Å². The standard InChI is InChI=1S/C20H16N4O4/c1-3-10-15(21-19-17-12(5-23(10)19)25-7-27-17)14-9(1)2-4-11-16(14)22-20-18-13(6-24(11)20)26-8-28-18/h1-4,12-13,17-18H,5-8H2/t12-,13-,17-,18-/m0/s1. The van der Waals surface area contributed by atoms with E-state index in [-0.39, 0.29) is 24.4 Å². The zero-order valence-electron chi connectivity index (χ0n) is 14.9. The Morgan fingerprint density at radius 1 is 0.714 bits per heavy atom. The predicted molar refractivity (Wildman–Crippen MR) is 97.7 cm³/mol. The Morgan fingerprint density at radius 3 is 1.79 bits per heavy atom. The van der Waals surface area contributed by atoms with Crippen LogP contribution in [0.2, 0.25) is 0 Å². The van der Waals surface area contributed by atoms with Crippen molar-refractivity contribution in [1.29, 1.82) is 0 Å². The fraction of sp³-hybridized carbons (Fsp3) is 0.400. The first kappa shape index (κ1) is 14.5. The maximum absolute atomic E-state index is 5.77. The molecule has 0 aliphatic carbocycles. The molecule has 140 valence electrons. The molecular weight excluding hydrogens is 360 g/mol. The van der Waals surface area contributed by atoms with Crippen LogP contribution in [-0.2, 0) is 32.0 Å². The lowest BCUT2D eigenvalue weighted by molar-refractivity contribution is 0.0296. The number of rotatable bonds is 0. The molecule has 0 saturated carbocycles. The van der Waals surface area contributed by atoms with Crippen molar-refractivity contribution in [2.45, 2.75) is 37.5 Å². The van der Waals surface area contributed by atoms with E-state index in [1.807, 2.05) is 0 Å². The van der Waals surface area contributed by atoms with E-state index in [2.05, 4.69) is 33.4 Å². The first-order valence-corrected chi connectivity index (χ1v) is 9.65. The molecule has 2 fully saturated rings. The molecule has 0 spiro atoms. The smallest absolute Gasteiger partial charge is 0.148 e. The van der Waals surface area contributed by atoms with E-state index in [1.54, 1.807) is 0 Å². The third-order valence-electron chi connectivity index (χ3n) is 6.65. The Balaban J connectivity index is 1.45. The minimum atomic E-state index is -0.0709. The van der Waals surface area contributed by atoms with Crippen LogP contribution >= 0.6 is 0 Å². The Morgan fingerprint density at radius 2 is 1.25 bits per heavy atom. The van der Waals surface area contributed by atoms with Gasteiger partial charge < -0.3 is 28.1 Å². The molecule has 28 heavy (non-hydrogen) atoms. The van der Waals surface area contributed by atoms with Crippen LogP contribution in [0.4, 0.5) is 0 Å². The molecule has 0 radical (unpaired) electrons. The number of fused-ring (bicyclic) bond motifs is 13. The number of hydrogen-bond acceptors (Lipinski definition) is 6. The van der Waals surface area contributed by atoms with Crippen molar-refractivity contribution in [2.75, 3.05) is 13.6 Å². The van der Waals surface area contributed by atoms with E-state index in [9.17, 15) is 0 Å². The molecule has 2 aromatic carbocycles. The van der Waals surface area contributed by atoms with Gasteiger partial charge in [0, 0.05) is 5.39 Å². The van der Waals surface area contributed by atoms with Crippen LogP contribution in [0.25, 0.3) is 32.8 Å². The molecule has 4 aromatic rings. The van der Waals surface area contributed by atoms with Crippen LogP contribution in [-0.4, -0.2) is 44.9 Å². The SMILES string of the molecule is c1cc2c(nc3n2C[C@@H]2OCO[C@H]32)c2c1ccc1c2nc2n1C[C@@H]1OCO[C@H]21. The second-order valence-corrected chi connectivity index (χ2v) is 7.95. The first-order valence-electron chi connectivity index (χ1n) is 9.65. The van der Waals surface area contributed by atoms with E-state index >= 15 is 0 Å². The minimum Gasteiger partial charge on any atom is -0.347 e. The van der Waals surface area contributed by atoms with Gasteiger partial charge in [-0.2, -0.15) is 0 Å². The van der Waals surface area contributed by atoms with Gasteiger partial charge in [-0.05, 0) is 17.5 Å². The second kappa shape index (κ2) is 4.72. The lowest BCUT2D eigenvalue weighted by Crippen LogP contribution is -2.11. The number of benzene rings is 2. The van der Waals surface area contributed by atoms with Crippen LogP contribution in [0.1, 0.15) is 23.9 Å². The van der Waals surface area contributed by atoms with Crippen LogP contribution in [0.5, 0.6) is 0 Å². The summed E-state index contributed by atoms with van der Waals surface area (Å²) in [7, 11) is 0. The number of hydrogen-bond donors (Lipinski definition) is 0. The van der Waals surface area contributed by atoms with Crippen LogP contribution in [0, 0.1) is 0 Å². The molecule has 0 unspecified atom stereocenters. The van der Waals surface area contributed by atoms with Crippen molar-refractivity contribution in [3.8, 4) is 0 Å². The molecule has 6 heterocycles. The monoisotopic (exact) mass is 376 g/mol. The van der Waals surface area contributed by atoms with Gasteiger partial charge in [-0.25, -0.2) is 9.97 Å². The quantitative estimate of drug-likeness (QED) is 0.469. The zero-order chi connectivity index (χ0) is 18.0. The van der Waals surface area contributed by atoms with E-state index in [0.717, 1.165) is 57.6 Å². The van der Waals surface area contributed by atoms with Gasteiger partial charge in [0.2, 0.25) is 0 Å². The summed E-state index contributed by atoms with van der Waals surface area (Å²) >= 11 is 0. The highest BCUT2D eigenvalue weighted by Crippen LogP contribution is 2.43. The van der Waals surface area contributed by atoms with Gasteiger partial charge >= 0.3 is 0 Å². The normalized spacial score (nSPS) is 30.4. The van der Waals surface area contributed by atoms with Crippen molar-refractivity contribution in [3.63, 3.8) is 0 Å². The summed E-state index contributed by atoms with van der Waals surface area (Å²) in [5.74, 6) is 1.92. The van der Waals surface area contributed by atoms with Gasteiger partial charge in [-0.1, -0.05) is 12.1 Å². The van der Waals surface area contributed by atoms with Crippen molar-refractivity contribution in [1.82, 2.24) is 19.1 Å². The van der Waals surface area contributed by atoms with Gasteiger partial charge in [0.05, 0.1) is 35.2 Å². The van der Waals surface area contributed by atoms with Crippen LogP contribution in [0.3, 0.4) is 0 Å². The molecule has 2 saturated heterocycles. The zero-order valence-corrected chi connectivity index (χ0v) is 14.9. The minimum absolute atomic E-state index is 0.0709. The summed E-state index contributed by atoms with van der Waals surface area (Å²) in [6, 6.07) is 8.61.